The second-order valence-electron chi connectivity index (χ2n) is 5.28. The van der Waals surface area contributed by atoms with Gasteiger partial charge in [0.05, 0.1) is 24.9 Å². The van der Waals surface area contributed by atoms with Crippen molar-refractivity contribution in [1.29, 1.82) is 0 Å². The number of halogens is 1. The highest BCUT2D eigenvalue weighted by molar-refractivity contribution is 6.32. The normalized spacial score (nSPS) is 11.7. The average Bonchev–Trinajstić information content (AvgIpc) is 3.17. The van der Waals surface area contributed by atoms with Crippen molar-refractivity contribution in [3.05, 3.63) is 59.4 Å². The van der Waals surface area contributed by atoms with Gasteiger partial charge in [-0.3, -0.25) is 4.79 Å². The molecule has 1 heterocycles. The fourth-order valence-corrected chi connectivity index (χ4v) is 2.75. The zero-order valence-electron chi connectivity index (χ0n) is 14.1. The summed E-state index contributed by atoms with van der Waals surface area (Å²) in [5.74, 6) is 0.521. The van der Waals surface area contributed by atoms with Crippen molar-refractivity contribution < 1.29 is 14.3 Å². The summed E-state index contributed by atoms with van der Waals surface area (Å²) in [5.41, 5.74) is 1.15. The molecule has 9 heteroatoms. The Morgan fingerprint density at radius 2 is 1.88 bits per heavy atom. The Balaban J connectivity index is 1.95. The number of nitrogens with one attached hydrogen (secondary N) is 1. The van der Waals surface area contributed by atoms with Gasteiger partial charge in [0.1, 0.15) is 17.8 Å². The minimum Gasteiger partial charge on any atom is -0.495 e. The van der Waals surface area contributed by atoms with E-state index in [0.717, 1.165) is 5.56 Å². The highest BCUT2D eigenvalue weighted by atomic mass is 35.5. The first kappa shape index (κ1) is 17.7. The van der Waals surface area contributed by atoms with Crippen LogP contribution in [0.25, 0.3) is 0 Å². The van der Waals surface area contributed by atoms with Crippen LogP contribution in [0.4, 0.5) is 5.69 Å². The second-order valence-corrected chi connectivity index (χ2v) is 5.69. The molecule has 1 aromatic heterocycles. The number of benzene rings is 2. The molecule has 0 saturated carbocycles. The largest absolute Gasteiger partial charge is 0.495 e. The third kappa shape index (κ3) is 3.60. The lowest BCUT2D eigenvalue weighted by atomic mass is 10.1. The molecule has 3 aromatic rings. The number of carbonyl (C=O) groups excluding carboxylic acids is 1. The summed E-state index contributed by atoms with van der Waals surface area (Å²) in [4.78, 5) is 13.0. The highest BCUT2D eigenvalue weighted by Crippen LogP contribution is 2.36. The van der Waals surface area contributed by atoms with Crippen LogP contribution in [0.2, 0.25) is 5.02 Å². The van der Waals surface area contributed by atoms with E-state index >= 15 is 0 Å². The van der Waals surface area contributed by atoms with E-state index in [1.54, 1.807) is 12.1 Å². The van der Waals surface area contributed by atoms with E-state index in [0.29, 0.717) is 22.2 Å². The minimum atomic E-state index is -0.753. The molecule has 1 amide bonds. The standard InChI is InChI=1S/C17H16ClN5O3/c1-25-14-9-15(26-2)13(8-12(14)18)20-17(24)16(23-10-19-21-22-23)11-6-4-3-5-7-11/h3-10,16H,1-2H3,(H,20,24)/t16-/m1/s1. The van der Waals surface area contributed by atoms with Gasteiger partial charge in [-0.15, -0.1) is 5.10 Å². The molecule has 1 N–H and O–H groups in total. The molecule has 2 aromatic carbocycles. The predicted molar refractivity (Wildman–Crippen MR) is 95.6 cm³/mol. The van der Waals surface area contributed by atoms with Gasteiger partial charge in [-0.1, -0.05) is 41.9 Å². The molecule has 26 heavy (non-hydrogen) atoms. The molecule has 8 nitrogen and oxygen atoms in total. The van der Waals surface area contributed by atoms with Crippen LogP contribution in [-0.2, 0) is 4.79 Å². The fourth-order valence-electron chi connectivity index (χ4n) is 2.51. The van der Waals surface area contributed by atoms with Crippen LogP contribution < -0.4 is 14.8 Å². The van der Waals surface area contributed by atoms with Crippen molar-refractivity contribution in [2.75, 3.05) is 19.5 Å². The number of anilines is 1. The lowest BCUT2D eigenvalue weighted by Gasteiger charge is -2.18. The summed E-state index contributed by atoms with van der Waals surface area (Å²) < 4.78 is 11.9. The van der Waals surface area contributed by atoms with E-state index in [9.17, 15) is 4.79 Å². The maximum absolute atomic E-state index is 13.0. The molecule has 0 spiro atoms. The van der Waals surface area contributed by atoms with E-state index in [2.05, 4.69) is 20.8 Å². The summed E-state index contributed by atoms with van der Waals surface area (Å²) in [6.45, 7) is 0. The molecule has 0 bridgehead atoms. The Kier molecular flexibility index (Phi) is 5.33. The molecular formula is C17H16ClN5O3. The molecular weight excluding hydrogens is 358 g/mol. The van der Waals surface area contributed by atoms with Crippen LogP contribution in [0.1, 0.15) is 11.6 Å². The van der Waals surface area contributed by atoms with Crippen molar-refractivity contribution in [2.24, 2.45) is 0 Å². The Labute approximate surface area is 154 Å². The number of rotatable bonds is 6. The number of tetrazole rings is 1. The number of hydrogen-bond donors (Lipinski definition) is 1. The summed E-state index contributed by atoms with van der Waals surface area (Å²) in [6, 6.07) is 11.6. The molecule has 0 aliphatic rings. The first-order valence-electron chi connectivity index (χ1n) is 7.64. The number of carbonyl (C=O) groups is 1. The van der Waals surface area contributed by atoms with Crippen molar-refractivity contribution in [3.8, 4) is 11.5 Å². The van der Waals surface area contributed by atoms with E-state index in [-0.39, 0.29) is 5.91 Å². The minimum absolute atomic E-state index is 0.344. The van der Waals surface area contributed by atoms with Gasteiger partial charge in [-0.2, -0.15) is 0 Å². The van der Waals surface area contributed by atoms with E-state index in [4.69, 9.17) is 21.1 Å². The molecule has 0 radical (unpaired) electrons. The number of nitrogens with zero attached hydrogens (tertiary/aromatic N) is 4. The van der Waals surface area contributed by atoms with E-state index in [1.807, 2.05) is 30.3 Å². The smallest absolute Gasteiger partial charge is 0.254 e. The van der Waals surface area contributed by atoms with Crippen molar-refractivity contribution >= 4 is 23.2 Å². The van der Waals surface area contributed by atoms with Crippen molar-refractivity contribution in [2.45, 2.75) is 6.04 Å². The second kappa shape index (κ2) is 7.83. The maximum Gasteiger partial charge on any atom is 0.254 e. The summed E-state index contributed by atoms with van der Waals surface area (Å²) in [7, 11) is 3.00. The Bertz CT molecular complexity index is 887. The summed E-state index contributed by atoms with van der Waals surface area (Å²) in [5, 5.41) is 14.3. The van der Waals surface area contributed by atoms with Crippen LogP contribution in [0.5, 0.6) is 11.5 Å². The number of ether oxygens (including phenoxy) is 2. The average molecular weight is 374 g/mol. The number of amides is 1. The van der Waals surface area contributed by atoms with Crippen molar-refractivity contribution in [1.82, 2.24) is 20.2 Å². The zero-order valence-corrected chi connectivity index (χ0v) is 14.8. The lowest BCUT2D eigenvalue weighted by Crippen LogP contribution is -2.27. The van der Waals surface area contributed by atoms with Gasteiger partial charge in [-0.05, 0) is 22.1 Å². The van der Waals surface area contributed by atoms with Gasteiger partial charge in [0.25, 0.3) is 5.91 Å². The lowest BCUT2D eigenvalue weighted by molar-refractivity contribution is -0.118. The first-order valence-corrected chi connectivity index (χ1v) is 8.01. The van der Waals surface area contributed by atoms with Crippen molar-refractivity contribution in [3.63, 3.8) is 0 Å². The molecule has 0 aliphatic carbocycles. The molecule has 0 unspecified atom stereocenters. The number of hydrogen-bond acceptors (Lipinski definition) is 6. The Morgan fingerprint density at radius 3 is 2.50 bits per heavy atom. The van der Waals surface area contributed by atoms with E-state index in [1.165, 1.54) is 25.2 Å². The van der Waals surface area contributed by atoms with E-state index < -0.39 is 6.04 Å². The molecule has 3 rings (SSSR count). The predicted octanol–water partition coefficient (Wildman–Crippen LogP) is 2.57. The van der Waals surface area contributed by atoms with Gasteiger partial charge in [0.15, 0.2) is 6.04 Å². The third-order valence-corrected chi connectivity index (χ3v) is 4.02. The summed E-state index contributed by atoms with van der Waals surface area (Å²) in [6.07, 6.45) is 1.38. The van der Waals surface area contributed by atoms with Crippen LogP contribution in [-0.4, -0.2) is 40.3 Å². The molecule has 0 aliphatic heterocycles. The van der Waals surface area contributed by atoms with Crippen LogP contribution in [0, 0.1) is 0 Å². The Morgan fingerprint density at radius 1 is 1.15 bits per heavy atom. The van der Waals surface area contributed by atoms with Crippen LogP contribution >= 0.6 is 11.6 Å². The van der Waals surface area contributed by atoms with Gasteiger partial charge >= 0.3 is 0 Å². The Hall–Kier alpha value is -3.13. The van der Waals surface area contributed by atoms with Gasteiger partial charge < -0.3 is 14.8 Å². The quantitative estimate of drug-likeness (QED) is 0.714. The molecule has 0 fully saturated rings. The SMILES string of the molecule is COc1cc(OC)c(NC(=O)[C@@H](c2ccccc2)n2cnnn2)cc1Cl. The molecule has 0 saturated heterocycles. The van der Waals surface area contributed by atoms with Crippen LogP contribution in [0.15, 0.2) is 48.8 Å². The van der Waals surface area contributed by atoms with Gasteiger partial charge in [-0.25, -0.2) is 4.68 Å². The van der Waals surface area contributed by atoms with Gasteiger partial charge in [0, 0.05) is 6.07 Å². The topological polar surface area (TPSA) is 91.2 Å². The highest BCUT2D eigenvalue weighted by Gasteiger charge is 2.25. The molecule has 1 atom stereocenters. The number of methoxy groups -OCH3 is 2. The monoisotopic (exact) mass is 373 g/mol. The fraction of sp³-hybridized carbons (Fsp3) is 0.176. The third-order valence-electron chi connectivity index (χ3n) is 3.72. The van der Waals surface area contributed by atoms with Crippen LogP contribution in [0.3, 0.4) is 0 Å². The van der Waals surface area contributed by atoms with Gasteiger partial charge in [0.2, 0.25) is 0 Å². The zero-order chi connectivity index (χ0) is 18.5. The summed E-state index contributed by atoms with van der Waals surface area (Å²) >= 11 is 6.17. The first-order chi connectivity index (χ1) is 12.6. The number of aromatic nitrogens is 4. The maximum atomic E-state index is 13.0. The molecule has 134 valence electrons.